The number of hydrogen-bond donors (Lipinski definition) is 1. The smallest absolute Gasteiger partial charge is 0.0568 e. The molecule has 0 radical (unpaired) electrons. The Kier molecular flexibility index (Phi) is 5.79. The first-order valence-electron chi connectivity index (χ1n) is 7.76. The van der Waals surface area contributed by atoms with Gasteiger partial charge in [-0.15, -0.1) is 0 Å². The van der Waals surface area contributed by atoms with E-state index < -0.39 is 0 Å². The topological polar surface area (TPSA) is 23.5 Å². The summed E-state index contributed by atoms with van der Waals surface area (Å²) in [7, 11) is 0. The van der Waals surface area contributed by atoms with Crippen molar-refractivity contribution in [2.75, 3.05) is 19.6 Å². The van der Waals surface area contributed by atoms with Crippen LogP contribution in [0.5, 0.6) is 0 Å². The SMILES string of the molecule is OC(CCCN1CCCCC1)C1CCCCC1. The first-order valence-corrected chi connectivity index (χ1v) is 7.76. The average molecular weight is 239 g/mol. The van der Waals surface area contributed by atoms with Crippen LogP contribution in [-0.2, 0) is 0 Å². The van der Waals surface area contributed by atoms with Crippen LogP contribution in [0.15, 0.2) is 0 Å². The monoisotopic (exact) mass is 239 g/mol. The highest BCUT2D eigenvalue weighted by Crippen LogP contribution is 2.28. The molecule has 1 saturated heterocycles. The number of piperidine rings is 1. The maximum atomic E-state index is 10.2. The fourth-order valence-electron chi connectivity index (χ4n) is 3.46. The van der Waals surface area contributed by atoms with Gasteiger partial charge in [-0.05, 0) is 64.1 Å². The molecular weight excluding hydrogens is 210 g/mol. The van der Waals surface area contributed by atoms with E-state index in [2.05, 4.69) is 4.90 Å². The van der Waals surface area contributed by atoms with Crippen LogP contribution in [0.3, 0.4) is 0 Å². The molecule has 2 fully saturated rings. The Hall–Kier alpha value is -0.0800. The summed E-state index contributed by atoms with van der Waals surface area (Å²) in [6.45, 7) is 3.79. The Morgan fingerprint density at radius 1 is 0.941 bits per heavy atom. The Bertz CT molecular complexity index is 195. The molecule has 0 bridgehead atoms. The fraction of sp³-hybridized carbons (Fsp3) is 1.00. The number of likely N-dealkylation sites (tertiary alicyclic amines) is 1. The summed E-state index contributed by atoms with van der Waals surface area (Å²) >= 11 is 0. The highest BCUT2D eigenvalue weighted by atomic mass is 16.3. The summed E-state index contributed by atoms with van der Waals surface area (Å²) in [4.78, 5) is 2.58. The lowest BCUT2D eigenvalue weighted by Gasteiger charge is -2.29. The van der Waals surface area contributed by atoms with Crippen molar-refractivity contribution in [3.8, 4) is 0 Å². The third kappa shape index (κ3) is 4.59. The molecule has 1 heterocycles. The first kappa shape index (κ1) is 13.4. The zero-order valence-corrected chi connectivity index (χ0v) is 11.2. The van der Waals surface area contributed by atoms with Gasteiger partial charge < -0.3 is 10.0 Å². The maximum absolute atomic E-state index is 10.2. The Balaban J connectivity index is 1.57. The van der Waals surface area contributed by atoms with Crippen molar-refractivity contribution >= 4 is 0 Å². The summed E-state index contributed by atoms with van der Waals surface area (Å²) < 4.78 is 0. The van der Waals surface area contributed by atoms with Crippen LogP contribution in [0.1, 0.15) is 64.2 Å². The van der Waals surface area contributed by atoms with Gasteiger partial charge in [0.1, 0.15) is 0 Å². The van der Waals surface area contributed by atoms with Crippen molar-refractivity contribution < 1.29 is 5.11 Å². The van der Waals surface area contributed by atoms with E-state index in [9.17, 15) is 5.11 Å². The van der Waals surface area contributed by atoms with Crippen molar-refractivity contribution in [3.05, 3.63) is 0 Å². The second kappa shape index (κ2) is 7.38. The fourth-order valence-corrected chi connectivity index (χ4v) is 3.46. The lowest BCUT2D eigenvalue weighted by atomic mass is 9.84. The quantitative estimate of drug-likeness (QED) is 0.796. The highest BCUT2D eigenvalue weighted by Gasteiger charge is 2.21. The molecule has 0 aromatic rings. The second-order valence-electron chi connectivity index (χ2n) is 6.01. The number of aliphatic hydroxyl groups excluding tert-OH is 1. The molecule has 1 atom stereocenters. The Morgan fingerprint density at radius 2 is 1.59 bits per heavy atom. The van der Waals surface area contributed by atoms with Gasteiger partial charge in [-0.3, -0.25) is 0 Å². The number of hydrogen-bond acceptors (Lipinski definition) is 2. The van der Waals surface area contributed by atoms with Crippen LogP contribution in [0.25, 0.3) is 0 Å². The van der Waals surface area contributed by atoms with Crippen LogP contribution >= 0.6 is 0 Å². The van der Waals surface area contributed by atoms with Gasteiger partial charge in [0, 0.05) is 0 Å². The van der Waals surface area contributed by atoms with Gasteiger partial charge in [0.2, 0.25) is 0 Å². The molecule has 2 heteroatoms. The van der Waals surface area contributed by atoms with E-state index in [1.165, 1.54) is 77.4 Å². The predicted molar refractivity (Wildman–Crippen MR) is 72.1 cm³/mol. The predicted octanol–water partition coefficient (Wildman–Crippen LogP) is 3.19. The minimum atomic E-state index is -0.0138. The highest BCUT2D eigenvalue weighted by molar-refractivity contribution is 4.74. The number of nitrogens with zero attached hydrogens (tertiary/aromatic N) is 1. The van der Waals surface area contributed by atoms with Crippen LogP contribution in [-0.4, -0.2) is 35.7 Å². The van der Waals surface area contributed by atoms with E-state index in [0.717, 1.165) is 6.42 Å². The molecule has 0 amide bonds. The molecule has 1 aliphatic heterocycles. The van der Waals surface area contributed by atoms with Crippen LogP contribution in [0.4, 0.5) is 0 Å². The second-order valence-corrected chi connectivity index (χ2v) is 6.01. The van der Waals surface area contributed by atoms with E-state index >= 15 is 0 Å². The molecule has 2 aliphatic rings. The van der Waals surface area contributed by atoms with Crippen LogP contribution in [0.2, 0.25) is 0 Å². The third-order valence-electron chi connectivity index (χ3n) is 4.62. The molecule has 2 rings (SSSR count). The molecule has 2 nitrogen and oxygen atoms in total. The molecular formula is C15H29NO. The molecule has 1 aliphatic carbocycles. The van der Waals surface area contributed by atoms with Gasteiger partial charge >= 0.3 is 0 Å². The summed E-state index contributed by atoms with van der Waals surface area (Å²) in [5.74, 6) is 0.616. The molecule has 1 unspecified atom stereocenters. The average Bonchev–Trinajstić information content (AvgIpc) is 2.41. The van der Waals surface area contributed by atoms with Gasteiger partial charge in [-0.1, -0.05) is 25.7 Å². The van der Waals surface area contributed by atoms with Gasteiger partial charge in [0.25, 0.3) is 0 Å². The minimum absolute atomic E-state index is 0.0138. The van der Waals surface area contributed by atoms with E-state index in [-0.39, 0.29) is 6.10 Å². The molecule has 1 N–H and O–H groups in total. The van der Waals surface area contributed by atoms with Gasteiger partial charge in [0.05, 0.1) is 6.10 Å². The van der Waals surface area contributed by atoms with Crippen molar-refractivity contribution in [3.63, 3.8) is 0 Å². The lowest BCUT2D eigenvalue weighted by Crippen LogP contribution is -2.31. The van der Waals surface area contributed by atoms with E-state index in [1.807, 2.05) is 0 Å². The minimum Gasteiger partial charge on any atom is -0.393 e. The number of aliphatic hydroxyl groups is 1. The molecule has 0 spiro atoms. The summed E-state index contributed by atoms with van der Waals surface area (Å²) in [5.41, 5.74) is 0. The van der Waals surface area contributed by atoms with Gasteiger partial charge in [-0.25, -0.2) is 0 Å². The van der Waals surface area contributed by atoms with Crippen molar-refractivity contribution in [2.45, 2.75) is 70.3 Å². The molecule has 0 aromatic heterocycles. The summed E-state index contributed by atoms with van der Waals surface area (Å²) in [6.07, 6.45) is 13.0. The molecule has 17 heavy (non-hydrogen) atoms. The normalized spacial score (nSPS) is 25.9. The molecule has 0 aromatic carbocycles. The standard InChI is InChI=1S/C15H29NO/c17-15(14-8-3-1-4-9-14)10-7-13-16-11-5-2-6-12-16/h14-15,17H,1-13H2. The van der Waals surface area contributed by atoms with E-state index in [0.29, 0.717) is 5.92 Å². The largest absolute Gasteiger partial charge is 0.393 e. The van der Waals surface area contributed by atoms with Crippen LogP contribution in [0, 0.1) is 5.92 Å². The molecule has 1 saturated carbocycles. The lowest BCUT2D eigenvalue weighted by molar-refractivity contribution is 0.0714. The zero-order chi connectivity index (χ0) is 11.9. The van der Waals surface area contributed by atoms with Crippen molar-refractivity contribution in [1.29, 1.82) is 0 Å². The maximum Gasteiger partial charge on any atom is 0.0568 e. The van der Waals surface area contributed by atoms with Crippen molar-refractivity contribution in [2.24, 2.45) is 5.92 Å². The molecule has 100 valence electrons. The van der Waals surface area contributed by atoms with Crippen LogP contribution < -0.4 is 0 Å². The van der Waals surface area contributed by atoms with Gasteiger partial charge in [-0.2, -0.15) is 0 Å². The van der Waals surface area contributed by atoms with Crippen molar-refractivity contribution in [1.82, 2.24) is 4.90 Å². The van der Waals surface area contributed by atoms with E-state index in [4.69, 9.17) is 0 Å². The van der Waals surface area contributed by atoms with Gasteiger partial charge in [0.15, 0.2) is 0 Å². The Labute approximate surface area is 106 Å². The first-order chi connectivity index (χ1) is 8.36. The number of rotatable bonds is 5. The zero-order valence-electron chi connectivity index (χ0n) is 11.2. The summed E-state index contributed by atoms with van der Waals surface area (Å²) in [6, 6.07) is 0. The third-order valence-corrected chi connectivity index (χ3v) is 4.62. The Morgan fingerprint density at radius 3 is 2.29 bits per heavy atom. The summed E-state index contributed by atoms with van der Waals surface area (Å²) in [5, 5.41) is 10.2. The van der Waals surface area contributed by atoms with E-state index in [1.54, 1.807) is 0 Å².